The van der Waals surface area contributed by atoms with Crippen molar-refractivity contribution in [2.24, 2.45) is 5.73 Å². The van der Waals surface area contributed by atoms with Crippen LogP contribution in [-0.4, -0.2) is 31.3 Å². The van der Waals surface area contributed by atoms with Gasteiger partial charge in [0.25, 0.3) is 0 Å². The molecule has 0 radical (unpaired) electrons. The molecule has 6 heteroatoms. The van der Waals surface area contributed by atoms with Gasteiger partial charge in [-0.25, -0.2) is 8.42 Å². The van der Waals surface area contributed by atoms with Crippen LogP contribution in [0.25, 0.3) is 0 Å². The molecule has 1 aromatic rings. The summed E-state index contributed by atoms with van der Waals surface area (Å²) in [7, 11) is -3.18. The van der Waals surface area contributed by atoms with Crippen LogP contribution in [0.1, 0.15) is 18.9 Å². The normalized spacial score (nSPS) is 13.2. The maximum Gasteiger partial charge on any atom is 0.320 e. The maximum absolute atomic E-state index is 11.6. The summed E-state index contributed by atoms with van der Waals surface area (Å²) in [5.41, 5.74) is 6.27. The number of benzene rings is 1. The molecule has 100 valence electrons. The average Bonchev–Trinajstić information content (AvgIpc) is 2.36. The van der Waals surface area contributed by atoms with Gasteiger partial charge in [-0.2, -0.15) is 0 Å². The van der Waals surface area contributed by atoms with Crippen LogP contribution in [0.4, 0.5) is 0 Å². The molecule has 0 aromatic heterocycles. The first-order valence-corrected chi connectivity index (χ1v) is 7.32. The zero-order valence-electron chi connectivity index (χ0n) is 10.2. The Kier molecular flexibility index (Phi) is 4.86. The topological polar surface area (TPSA) is 97.5 Å². The average molecular weight is 271 g/mol. The second-order valence-corrected chi connectivity index (χ2v) is 6.31. The third kappa shape index (κ3) is 3.82. The minimum Gasteiger partial charge on any atom is -0.480 e. The lowest BCUT2D eigenvalue weighted by atomic mass is 10.1. The van der Waals surface area contributed by atoms with Crippen LogP contribution in [0, 0.1) is 0 Å². The molecule has 1 aromatic carbocycles. The fraction of sp³-hybridized carbons (Fsp3) is 0.417. The van der Waals surface area contributed by atoms with Crippen molar-refractivity contribution in [3.05, 3.63) is 29.8 Å². The van der Waals surface area contributed by atoms with Gasteiger partial charge >= 0.3 is 5.97 Å². The lowest BCUT2D eigenvalue weighted by molar-refractivity contribution is -0.138. The molecule has 0 aliphatic rings. The van der Waals surface area contributed by atoms with E-state index in [-0.39, 0.29) is 10.6 Å². The highest BCUT2D eigenvalue weighted by molar-refractivity contribution is 7.91. The first-order chi connectivity index (χ1) is 8.36. The highest BCUT2D eigenvalue weighted by Crippen LogP contribution is 2.13. The van der Waals surface area contributed by atoms with Crippen LogP contribution in [0.15, 0.2) is 29.2 Å². The second kappa shape index (κ2) is 5.97. The Bertz CT molecular complexity index is 507. The quantitative estimate of drug-likeness (QED) is 0.798. The molecule has 0 amide bonds. The minimum atomic E-state index is -3.18. The number of rotatable bonds is 6. The third-order valence-corrected chi connectivity index (χ3v) is 4.47. The number of carboxylic acids is 1. The van der Waals surface area contributed by atoms with Crippen molar-refractivity contribution in [1.29, 1.82) is 0 Å². The number of hydrogen-bond donors (Lipinski definition) is 2. The van der Waals surface area contributed by atoms with E-state index in [1.165, 1.54) is 0 Å². The molecule has 0 saturated heterocycles. The standard InChI is InChI=1S/C12H17NO4S/c1-2-18(16,17)10-6-3-9(4-7-10)5-8-11(13)12(14)15/h3-4,6-7,11H,2,5,8,13H2,1H3,(H,14,15). The van der Waals surface area contributed by atoms with Crippen molar-refractivity contribution in [2.45, 2.75) is 30.7 Å². The molecule has 5 nitrogen and oxygen atoms in total. The van der Waals surface area contributed by atoms with Crippen LogP contribution in [0.2, 0.25) is 0 Å². The zero-order chi connectivity index (χ0) is 13.8. The Morgan fingerprint density at radius 2 is 1.89 bits per heavy atom. The molecule has 0 heterocycles. The number of carbonyl (C=O) groups is 1. The first kappa shape index (κ1) is 14.7. The summed E-state index contributed by atoms with van der Waals surface area (Å²) in [4.78, 5) is 10.8. The SMILES string of the molecule is CCS(=O)(=O)c1ccc(CCC(N)C(=O)O)cc1. The van der Waals surface area contributed by atoms with Crippen molar-refractivity contribution in [3.8, 4) is 0 Å². The van der Waals surface area contributed by atoms with Gasteiger partial charge in [0.2, 0.25) is 0 Å². The van der Waals surface area contributed by atoms with Crippen LogP contribution in [0.3, 0.4) is 0 Å². The number of aliphatic carboxylic acids is 1. The Morgan fingerprint density at radius 3 is 2.33 bits per heavy atom. The molecule has 1 rings (SSSR count). The van der Waals surface area contributed by atoms with Crippen molar-refractivity contribution < 1.29 is 18.3 Å². The molecule has 0 saturated carbocycles. The van der Waals surface area contributed by atoms with Gasteiger partial charge in [0.1, 0.15) is 6.04 Å². The van der Waals surface area contributed by atoms with E-state index >= 15 is 0 Å². The number of sulfone groups is 1. The van der Waals surface area contributed by atoms with Crippen molar-refractivity contribution in [2.75, 3.05) is 5.75 Å². The monoisotopic (exact) mass is 271 g/mol. The van der Waals surface area contributed by atoms with Gasteiger partial charge in [-0.3, -0.25) is 4.79 Å². The van der Waals surface area contributed by atoms with Gasteiger partial charge < -0.3 is 10.8 Å². The smallest absolute Gasteiger partial charge is 0.320 e. The Balaban J connectivity index is 2.70. The molecule has 0 aliphatic carbocycles. The fourth-order valence-corrected chi connectivity index (χ4v) is 2.36. The van der Waals surface area contributed by atoms with E-state index in [1.54, 1.807) is 31.2 Å². The van der Waals surface area contributed by atoms with Crippen LogP contribution in [-0.2, 0) is 21.1 Å². The largest absolute Gasteiger partial charge is 0.480 e. The van der Waals surface area contributed by atoms with Gasteiger partial charge in [0.15, 0.2) is 9.84 Å². The number of hydrogen-bond acceptors (Lipinski definition) is 4. The van der Waals surface area contributed by atoms with Crippen molar-refractivity contribution in [1.82, 2.24) is 0 Å². The van der Waals surface area contributed by atoms with Gasteiger partial charge in [-0.15, -0.1) is 0 Å². The maximum atomic E-state index is 11.6. The Hall–Kier alpha value is -1.40. The molecule has 0 spiro atoms. The minimum absolute atomic E-state index is 0.0657. The van der Waals surface area contributed by atoms with Crippen molar-refractivity contribution in [3.63, 3.8) is 0 Å². The van der Waals surface area contributed by atoms with Gasteiger partial charge in [0.05, 0.1) is 10.6 Å². The summed E-state index contributed by atoms with van der Waals surface area (Å²) >= 11 is 0. The van der Waals surface area contributed by atoms with E-state index < -0.39 is 21.8 Å². The molecule has 18 heavy (non-hydrogen) atoms. The number of carboxylic acid groups (broad SMARTS) is 1. The van der Waals surface area contributed by atoms with Gasteiger partial charge in [0, 0.05) is 0 Å². The second-order valence-electron chi connectivity index (χ2n) is 4.03. The van der Waals surface area contributed by atoms with Gasteiger partial charge in [-0.05, 0) is 30.5 Å². The van der Waals surface area contributed by atoms with Crippen molar-refractivity contribution >= 4 is 15.8 Å². The summed E-state index contributed by atoms with van der Waals surface area (Å²) in [6.07, 6.45) is 0.842. The highest BCUT2D eigenvalue weighted by Gasteiger charge is 2.13. The summed E-state index contributed by atoms with van der Waals surface area (Å²) in [5, 5.41) is 8.64. The molecular weight excluding hydrogens is 254 g/mol. The number of aryl methyl sites for hydroxylation is 1. The van der Waals surface area contributed by atoms with Crippen LogP contribution < -0.4 is 5.73 Å². The predicted molar refractivity (Wildman–Crippen MR) is 68.1 cm³/mol. The van der Waals surface area contributed by atoms with Crippen LogP contribution in [0.5, 0.6) is 0 Å². The lowest BCUT2D eigenvalue weighted by Gasteiger charge is -2.07. The summed E-state index contributed by atoms with van der Waals surface area (Å²) in [6, 6.07) is 5.58. The Labute approximate surface area is 107 Å². The molecule has 0 fully saturated rings. The molecular formula is C12H17NO4S. The summed E-state index contributed by atoms with van der Waals surface area (Å²) in [6.45, 7) is 1.59. The lowest BCUT2D eigenvalue weighted by Crippen LogP contribution is -2.30. The van der Waals surface area contributed by atoms with E-state index in [0.717, 1.165) is 5.56 Å². The predicted octanol–water partition coefficient (Wildman–Crippen LogP) is 0.825. The fourth-order valence-electron chi connectivity index (χ4n) is 1.48. The molecule has 1 atom stereocenters. The molecule has 0 aliphatic heterocycles. The summed E-state index contributed by atoms with van der Waals surface area (Å²) in [5.74, 6) is -0.962. The van der Waals surface area contributed by atoms with E-state index in [9.17, 15) is 13.2 Å². The molecule has 0 bridgehead atoms. The van der Waals surface area contributed by atoms with E-state index in [4.69, 9.17) is 10.8 Å². The number of nitrogens with two attached hydrogens (primary N) is 1. The third-order valence-electron chi connectivity index (χ3n) is 2.72. The van der Waals surface area contributed by atoms with E-state index in [0.29, 0.717) is 12.8 Å². The van der Waals surface area contributed by atoms with Crippen LogP contribution >= 0.6 is 0 Å². The molecule has 3 N–H and O–H groups in total. The zero-order valence-corrected chi connectivity index (χ0v) is 11.0. The first-order valence-electron chi connectivity index (χ1n) is 5.67. The highest BCUT2D eigenvalue weighted by atomic mass is 32.2. The van der Waals surface area contributed by atoms with E-state index in [1.807, 2.05) is 0 Å². The van der Waals surface area contributed by atoms with Gasteiger partial charge in [-0.1, -0.05) is 19.1 Å². The Morgan fingerprint density at radius 1 is 1.33 bits per heavy atom. The summed E-state index contributed by atoms with van der Waals surface area (Å²) < 4.78 is 23.1. The van der Waals surface area contributed by atoms with E-state index in [2.05, 4.69) is 0 Å². The molecule has 1 unspecified atom stereocenters.